The van der Waals surface area contributed by atoms with Crippen LogP contribution in [-0.4, -0.2) is 23.7 Å². The largest absolute Gasteiger partial charge is 0.494 e. The number of thiazole rings is 1. The monoisotopic (exact) mass is 549 g/mol. The van der Waals surface area contributed by atoms with E-state index in [1.807, 2.05) is 79.7 Å². The predicted octanol–water partition coefficient (Wildman–Crippen LogP) is 4.28. The molecule has 0 bridgehead atoms. The Morgan fingerprint density at radius 1 is 1.05 bits per heavy atom. The van der Waals surface area contributed by atoms with Crippen molar-refractivity contribution in [2.45, 2.75) is 19.9 Å². The normalized spacial score (nSPS) is 14.6. The lowest BCUT2D eigenvalue weighted by molar-refractivity contribution is -0.113. The molecule has 4 aromatic rings. The second kappa shape index (κ2) is 11.9. The molecule has 7 nitrogen and oxygen atoms in total. The van der Waals surface area contributed by atoms with Crippen molar-refractivity contribution < 1.29 is 14.3 Å². The zero-order chi connectivity index (χ0) is 28.1. The van der Waals surface area contributed by atoms with Crippen LogP contribution in [0.5, 0.6) is 11.5 Å². The number of nitrogens with zero attached hydrogens (tertiary/aromatic N) is 2. The van der Waals surface area contributed by atoms with Gasteiger partial charge in [-0.05, 0) is 67.4 Å². The van der Waals surface area contributed by atoms with Crippen LogP contribution >= 0.6 is 11.3 Å². The van der Waals surface area contributed by atoms with E-state index >= 15 is 0 Å². The SMILES string of the molecule is C#CCOc1ccc(/C=c2\sc3n(c2=O)[C@@H](c2ccc(OCC)cc2)C(C(=O)Nc2ccccc2)=C(C)N=3)cc1. The molecule has 40 heavy (non-hydrogen) atoms. The van der Waals surface area contributed by atoms with Gasteiger partial charge in [-0.3, -0.25) is 14.2 Å². The van der Waals surface area contributed by atoms with Crippen LogP contribution in [0.25, 0.3) is 6.08 Å². The molecule has 0 fully saturated rings. The summed E-state index contributed by atoms with van der Waals surface area (Å²) in [7, 11) is 0. The molecule has 1 aliphatic rings. The number of terminal acetylenes is 1. The molecule has 1 atom stereocenters. The Morgan fingerprint density at radius 3 is 2.40 bits per heavy atom. The number of ether oxygens (including phenoxy) is 2. The lowest BCUT2D eigenvalue weighted by Crippen LogP contribution is -2.40. The summed E-state index contributed by atoms with van der Waals surface area (Å²) in [4.78, 5) is 32.8. The van der Waals surface area contributed by atoms with E-state index in [1.54, 1.807) is 23.6 Å². The summed E-state index contributed by atoms with van der Waals surface area (Å²) < 4.78 is 13.2. The molecule has 0 spiro atoms. The van der Waals surface area contributed by atoms with Crippen molar-refractivity contribution in [3.05, 3.63) is 121 Å². The van der Waals surface area contributed by atoms with Gasteiger partial charge in [0.25, 0.3) is 11.5 Å². The number of carbonyl (C=O) groups is 1. The highest BCUT2D eigenvalue weighted by Gasteiger charge is 2.32. The third-order valence-electron chi connectivity index (χ3n) is 6.30. The molecule has 2 heterocycles. The van der Waals surface area contributed by atoms with Crippen LogP contribution in [0.4, 0.5) is 5.69 Å². The Morgan fingerprint density at radius 2 is 1.73 bits per heavy atom. The molecule has 1 amide bonds. The highest BCUT2D eigenvalue weighted by Crippen LogP contribution is 2.31. The molecule has 0 aliphatic carbocycles. The molecule has 1 aliphatic heterocycles. The Kier molecular flexibility index (Phi) is 7.94. The fourth-order valence-electron chi connectivity index (χ4n) is 4.50. The summed E-state index contributed by atoms with van der Waals surface area (Å²) in [5.74, 6) is 3.48. The summed E-state index contributed by atoms with van der Waals surface area (Å²) in [6.45, 7) is 4.44. The number of hydrogen-bond acceptors (Lipinski definition) is 6. The summed E-state index contributed by atoms with van der Waals surface area (Å²) in [6, 6.07) is 23.3. The van der Waals surface area contributed by atoms with Crippen LogP contribution in [0.1, 0.15) is 31.0 Å². The minimum atomic E-state index is -0.669. The predicted molar refractivity (Wildman–Crippen MR) is 157 cm³/mol. The lowest BCUT2D eigenvalue weighted by Gasteiger charge is -2.25. The van der Waals surface area contributed by atoms with E-state index in [0.717, 1.165) is 11.1 Å². The molecule has 1 aromatic heterocycles. The van der Waals surface area contributed by atoms with Gasteiger partial charge in [0.05, 0.1) is 28.5 Å². The molecule has 0 unspecified atom stereocenters. The number of anilines is 1. The number of aromatic nitrogens is 1. The third-order valence-corrected chi connectivity index (χ3v) is 7.29. The molecule has 8 heteroatoms. The summed E-state index contributed by atoms with van der Waals surface area (Å²) in [5.41, 5.74) is 2.99. The van der Waals surface area contributed by atoms with E-state index in [0.29, 0.717) is 44.4 Å². The molecule has 5 rings (SSSR count). The van der Waals surface area contributed by atoms with Crippen LogP contribution in [0.3, 0.4) is 0 Å². The van der Waals surface area contributed by atoms with Crippen molar-refractivity contribution in [2.24, 2.45) is 4.99 Å². The highest BCUT2D eigenvalue weighted by atomic mass is 32.1. The number of amides is 1. The number of para-hydroxylation sites is 1. The fourth-order valence-corrected chi connectivity index (χ4v) is 5.54. The minimum absolute atomic E-state index is 0.184. The first-order chi connectivity index (χ1) is 19.5. The average Bonchev–Trinajstić information content (AvgIpc) is 3.27. The van der Waals surface area contributed by atoms with Gasteiger partial charge in [0, 0.05) is 5.69 Å². The van der Waals surface area contributed by atoms with Crippen LogP contribution in [0.2, 0.25) is 0 Å². The Bertz CT molecular complexity index is 1780. The number of nitrogens with one attached hydrogen (secondary N) is 1. The van der Waals surface area contributed by atoms with Gasteiger partial charge >= 0.3 is 0 Å². The van der Waals surface area contributed by atoms with Gasteiger partial charge in [0.1, 0.15) is 18.1 Å². The topological polar surface area (TPSA) is 81.9 Å². The van der Waals surface area contributed by atoms with E-state index < -0.39 is 6.04 Å². The third kappa shape index (κ3) is 5.60. The first-order valence-electron chi connectivity index (χ1n) is 12.8. The van der Waals surface area contributed by atoms with Gasteiger partial charge < -0.3 is 14.8 Å². The number of rotatable bonds is 8. The number of hydrogen-bond donors (Lipinski definition) is 1. The molecule has 0 saturated heterocycles. The number of carbonyl (C=O) groups excluding carboxylic acids is 1. The van der Waals surface area contributed by atoms with E-state index in [-0.39, 0.29) is 18.1 Å². The molecular weight excluding hydrogens is 522 g/mol. The smallest absolute Gasteiger partial charge is 0.271 e. The second-order valence-corrected chi connectivity index (χ2v) is 9.97. The van der Waals surface area contributed by atoms with Crippen molar-refractivity contribution in [3.63, 3.8) is 0 Å². The van der Waals surface area contributed by atoms with Gasteiger partial charge in [-0.15, -0.1) is 6.42 Å². The van der Waals surface area contributed by atoms with Crippen molar-refractivity contribution in [1.82, 2.24) is 4.57 Å². The van der Waals surface area contributed by atoms with E-state index in [9.17, 15) is 9.59 Å². The Hall–Kier alpha value is -4.87. The Labute approximate surface area is 235 Å². The quantitative estimate of drug-likeness (QED) is 0.333. The van der Waals surface area contributed by atoms with Crippen LogP contribution in [-0.2, 0) is 4.79 Å². The first kappa shape index (κ1) is 26.7. The van der Waals surface area contributed by atoms with Crippen molar-refractivity contribution in [2.75, 3.05) is 18.5 Å². The Balaban J connectivity index is 1.60. The molecule has 0 radical (unpaired) electrons. The van der Waals surface area contributed by atoms with E-state index in [1.165, 1.54) is 11.3 Å². The maximum absolute atomic E-state index is 13.9. The van der Waals surface area contributed by atoms with Crippen molar-refractivity contribution >= 4 is 29.0 Å². The summed E-state index contributed by atoms with van der Waals surface area (Å²) in [5, 5.41) is 2.96. The lowest BCUT2D eigenvalue weighted by atomic mass is 9.95. The van der Waals surface area contributed by atoms with Gasteiger partial charge in [0.2, 0.25) is 0 Å². The van der Waals surface area contributed by atoms with Gasteiger partial charge in [-0.2, -0.15) is 0 Å². The minimum Gasteiger partial charge on any atom is -0.494 e. The fraction of sp³-hybridized carbons (Fsp3) is 0.156. The zero-order valence-electron chi connectivity index (χ0n) is 22.1. The first-order valence-corrected chi connectivity index (χ1v) is 13.6. The number of benzene rings is 3. The summed E-state index contributed by atoms with van der Waals surface area (Å²) >= 11 is 1.29. The van der Waals surface area contributed by atoms with Crippen LogP contribution in [0.15, 0.2) is 99.9 Å². The van der Waals surface area contributed by atoms with E-state index in [2.05, 4.69) is 11.2 Å². The highest BCUT2D eigenvalue weighted by molar-refractivity contribution is 7.07. The maximum atomic E-state index is 13.9. The van der Waals surface area contributed by atoms with Gasteiger partial charge in [-0.25, -0.2) is 4.99 Å². The zero-order valence-corrected chi connectivity index (χ0v) is 22.9. The molecule has 1 N–H and O–H groups in total. The van der Waals surface area contributed by atoms with Gasteiger partial charge in [-0.1, -0.05) is 59.7 Å². The number of fused-ring (bicyclic) bond motifs is 1. The molecular formula is C32H27N3O4S. The molecule has 3 aromatic carbocycles. The maximum Gasteiger partial charge on any atom is 0.271 e. The van der Waals surface area contributed by atoms with Gasteiger partial charge in [0.15, 0.2) is 4.80 Å². The summed E-state index contributed by atoms with van der Waals surface area (Å²) in [6.07, 6.45) is 7.08. The molecule has 200 valence electrons. The number of allylic oxidation sites excluding steroid dienone is 1. The van der Waals surface area contributed by atoms with Crippen LogP contribution < -0.4 is 29.7 Å². The van der Waals surface area contributed by atoms with E-state index in [4.69, 9.17) is 20.9 Å². The van der Waals surface area contributed by atoms with Crippen molar-refractivity contribution in [1.29, 1.82) is 0 Å². The second-order valence-electron chi connectivity index (χ2n) is 8.97. The van der Waals surface area contributed by atoms with Crippen molar-refractivity contribution in [3.8, 4) is 23.8 Å². The standard InChI is InChI=1S/C32H27N3O4S/c1-4-19-39-26-15-11-22(12-16-26)20-27-31(37)35-29(23-13-17-25(18-14-23)38-5-2)28(21(3)33-32(35)40-27)30(36)34-24-9-7-6-8-10-24/h1,6-18,20,29H,5,19H2,2-3H3,(H,34,36)/b27-20-/t29-/m0/s1. The average molecular weight is 550 g/mol. The molecule has 0 saturated carbocycles. The van der Waals surface area contributed by atoms with Crippen LogP contribution in [0, 0.1) is 12.3 Å².